The summed E-state index contributed by atoms with van der Waals surface area (Å²) in [6.45, 7) is 7.25. The fourth-order valence-corrected chi connectivity index (χ4v) is 1.52. The van der Waals surface area contributed by atoms with Crippen molar-refractivity contribution in [2.45, 2.75) is 39.8 Å². The number of hydrogen-bond acceptors (Lipinski definition) is 1. The minimum atomic E-state index is 0. The predicted octanol–water partition coefficient (Wildman–Crippen LogP) is 3.08. The largest absolute Gasteiger partial charge is 0.354 e. The molecule has 4 heteroatoms. The first-order chi connectivity index (χ1) is 8.17. The summed E-state index contributed by atoms with van der Waals surface area (Å²) >= 11 is 0. The summed E-state index contributed by atoms with van der Waals surface area (Å²) in [7, 11) is 1.80. The van der Waals surface area contributed by atoms with Crippen LogP contribution in [0.15, 0.2) is 29.3 Å². The Kier molecular flexibility index (Phi) is 8.79. The van der Waals surface area contributed by atoms with Gasteiger partial charge in [0.1, 0.15) is 0 Å². The molecule has 1 aromatic carbocycles. The average Bonchev–Trinajstić information content (AvgIpc) is 2.35. The molecular formula is C14H24IN3. The van der Waals surface area contributed by atoms with Gasteiger partial charge in [-0.3, -0.25) is 4.99 Å². The van der Waals surface area contributed by atoms with Gasteiger partial charge >= 0.3 is 0 Å². The molecule has 1 atom stereocenters. The smallest absolute Gasteiger partial charge is 0.191 e. The van der Waals surface area contributed by atoms with Gasteiger partial charge in [0.15, 0.2) is 5.96 Å². The van der Waals surface area contributed by atoms with Crippen molar-refractivity contribution in [3.05, 3.63) is 35.4 Å². The van der Waals surface area contributed by atoms with Crippen LogP contribution in [0.4, 0.5) is 0 Å². The number of benzene rings is 1. The van der Waals surface area contributed by atoms with Crippen LogP contribution in [0.25, 0.3) is 0 Å². The van der Waals surface area contributed by atoms with Crippen molar-refractivity contribution in [1.29, 1.82) is 0 Å². The summed E-state index contributed by atoms with van der Waals surface area (Å²) < 4.78 is 0. The van der Waals surface area contributed by atoms with Gasteiger partial charge in [-0.15, -0.1) is 24.0 Å². The Morgan fingerprint density at radius 3 is 2.56 bits per heavy atom. The second-order valence-corrected chi connectivity index (χ2v) is 4.31. The molecule has 0 saturated heterocycles. The quantitative estimate of drug-likeness (QED) is 0.491. The van der Waals surface area contributed by atoms with Crippen molar-refractivity contribution >= 4 is 29.9 Å². The summed E-state index contributed by atoms with van der Waals surface area (Å²) in [6.07, 6.45) is 1.09. The van der Waals surface area contributed by atoms with Gasteiger partial charge in [-0.05, 0) is 31.4 Å². The molecule has 2 N–H and O–H groups in total. The first kappa shape index (κ1) is 17.2. The van der Waals surface area contributed by atoms with E-state index in [4.69, 9.17) is 0 Å². The van der Waals surface area contributed by atoms with Gasteiger partial charge in [-0.1, -0.05) is 31.2 Å². The van der Waals surface area contributed by atoms with Crippen LogP contribution in [0.2, 0.25) is 0 Å². The molecule has 1 aromatic rings. The Morgan fingerprint density at radius 2 is 2.00 bits per heavy atom. The molecule has 0 spiro atoms. The van der Waals surface area contributed by atoms with Crippen molar-refractivity contribution in [2.75, 3.05) is 7.05 Å². The Hall–Kier alpha value is -0.780. The number of nitrogens with one attached hydrogen (secondary N) is 2. The minimum absolute atomic E-state index is 0. The summed E-state index contributed by atoms with van der Waals surface area (Å²) in [5, 5.41) is 6.68. The highest BCUT2D eigenvalue weighted by Gasteiger charge is 2.03. The molecule has 0 heterocycles. The van der Waals surface area contributed by atoms with Crippen LogP contribution in [-0.2, 0) is 6.54 Å². The normalized spacial score (nSPS) is 12.6. The predicted molar refractivity (Wildman–Crippen MR) is 89.7 cm³/mol. The molecule has 18 heavy (non-hydrogen) atoms. The van der Waals surface area contributed by atoms with E-state index in [1.54, 1.807) is 7.05 Å². The number of halogens is 1. The highest BCUT2D eigenvalue weighted by atomic mass is 127. The van der Waals surface area contributed by atoms with E-state index in [0.717, 1.165) is 18.9 Å². The average molecular weight is 361 g/mol. The Labute approximate surface area is 127 Å². The van der Waals surface area contributed by atoms with E-state index in [9.17, 15) is 0 Å². The maximum atomic E-state index is 4.22. The summed E-state index contributed by atoms with van der Waals surface area (Å²) in [4.78, 5) is 4.22. The fraction of sp³-hybridized carbons (Fsp3) is 0.500. The number of guanidine groups is 1. The molecule has 0 bridgehead atoms. The third kappa shape index (κ3) is 5.71. The van der Waals surface area contributed by atoms with Gasteiger partial charge in [0.2, 0.25) is 0 Å². The number of nitrogens with zero attached hydrogens (tertiary/aromatic N) is 1. The first-order valence-electron chi connectivity index (χ1n) is 6.19. The molecule has 0 aliphatic heterocycles. The molecule has 1 unspecified atom stereocenters. The summed E-state index contributed by atoms with van der Waals surface area (Å²) in [6, 6.07) is 8.83. The minimum Gasteiger partial charge on any atom is -0.354 e. The monoisotopic (exact) mass is 361 g/mol. The molecule has 102 valence electrons. The molecule has 0 aliphatic carbocycles. The zero-order chi connectivity index (χ0) is 12.7. The van der Waals surface area contributed by atoms with Crippen LogP contribution >= 0.6 is 24.0 Å². The van der Waals surface area contributed by atoms with E-state index in [0.29, 0.717) is 6.04 Å². The Balaban J connectivity index is 0.00000289. The molecule has 0 amide bonds. The maximum Gasteiger partial charge on any atom is 0.191 e. The Bertz CT molecular complexity index is 377. The molecule has 0 fully saturated rings. The zero-order valence-corrected chi connectivity index (χ0v) is 14.0. The van der Waals surface area contributed by atoms with Crippen LogP contribution in [-0.4, -0.2) is 19.0 Å². The summed E-state index contributed by atoms with van der Waals surface area (Å²) in [5.41, 5.74) is 2.61. The summed E-state index contributed by atoms with van der Waals surface area (Å²) in [5.74, 6) is 0.864. The van der Waals surface area contributed by atoms with Crippen molar-refractivity contribution < 1.29 is 0 Å². The second kappa shape index (κ2) is 9.19. The standard InChI is InChI=1S/C14H23N3.HI/c1-5-12(3)17-14(15-4)16-10-13-9-7-6-8-11(13)2;/h6-9,12H,5,10H2,1-4H3,(H2,15,16,17);1H. The van der Waals surface area contributed by atoms with E-state index >= 15 is 0 Å². The molecule has 0 aromatic heterocycles. The fourth-order valence-electron chi connectivity index (χ4n) is 1.52. The van der Waals surface area contributed by atoms with E-state index in [1.807, 2.05) is 0 Å². The highest BCUT2D eigenvalue weighted by molar-refractivity contribution is 14.0. The van der Waals surface area contributed by atoms with Gasteiger partial charge in [-0.25, -0.2) is 0 Å². The van der Waals surface area contributed by atoms with Crippen LogP contribution in [0.1, 0.15) is 31.4 Å². The maximum absolute atomic E-state index is 4.22. The Morgan fingerprint density at radius 1 is 1.33 bits per heavy atom. The van der Waals surface area contributed by atoms with Gasteiger partial charge in [0.05, 0.1) is 0 Å². The molecule has 3 nitrogen and oxygen atoms in total. The van der Waals surface area contributed by atoms with Crippen LogP contribution in [0.5, 0.6) is 0 Å². The lowest BCUT2D eigenvalue weighted by Gasteiger charge is -2.17. The highest BCUT2D eigenvalue weighted by Crippen LogP contribution is 2.05. The van der Waals surface area contributed by atoms with Gasteiger partial charge in [0, 0.05) is 19.6 Å². The van der Waals surface area contributed by atoms with Crippen LogP contribution < -0.4 is 10.6 Å². The number of hydrogen-bond donors (Lipinski definition) is 2. The van der Waals surface area contributed by atoms with Crippen molar-refractivity contribution in [3.63, 3.8) is 0 Å². The lowest BCUT2D eigenvalue weighted by Crippen LogP contribution is -2.41. The third-order valence-corrected chi connectivity index (χ3v) is 2.93. The van der Waals surface area contributed by atoms with E-state index < -0.39 is 0 Å². The van der Waals surface area contributed by atoms with Crippen molar-refractivity contribution in [1.82, 2.24) is 10.6 Å². The zero-order valence-electron chi connectivity index (χ0n) is 11.7. The second-order valence-electron chi connectivity index (χ2n) is 4.31. The molecule has 0 aliphatic rings. The van der Waals surface area contributed by atoms with E-state index in [-0.39, 0.29) is 24.0 Å². The van der Waals surface area contributed by atoms with Gasteiger partial charge < -0.3 is 10.6 Å². The van der Waals surface area contributed by atoms with E-state index in [2.05, 4.69) is 60.7 Å². The lowest BCUT2D eigenvalue weighted by molar-refractivity contribution is 0.624. The van der Waals surface area contributed by atoms with Gasteiger partial charge in [0.25, 0.3) is 0 Å². The third-order valence-electron chi connectivity index (χ3n) is 2.93. The number of aryl methyl sites for hydroxylation is 1. The van der Waals surface area contributed by atoms with Crippen LogP contribution in [0.3, 0.4) is 0 Å². The SMILES string of the molecule is CCC(C)NC(=NC)NCc1ccccc1C.I. The topological polar surface area (TPSA) is 36.4 Å². The number of rotatable bonds is 4. The molecule has 1 rings (SSSR count). The molecule has 0 saturated carbocycles. The first-order valence-corrected chi connectivity index (χ1v) is 6.19. The van der Waals surface area contributed by atoms with Crippen molar-refractivity contribution in [2.24, 2.45) is 4.99 Å². The van der Waals surface area contributed by atoms with E-state index in [1.165, 1.54) is 11.1 Å². The van der Waals surface area contributed by atoms with Gasteiger partial charge in [-0.2, -0.15) is 0 Å². The number of aliphatic imine (C=N–C) groups is 1. The molecular weight excluding hydrogens is 337 g/mol. The van der Waals surface area contributed by atoms with Crippen molar-refractivity contribution in [3.8, 4) is 0 Å². The molecule has 0 radical (unpaired) electrons. The van der Waals surface area contributed by atoms with Crippen LogP contribution in [0, 0.1) is 6.92 Å². The lowest BCUT2D eigenvalue weighted by atomic mass is 10.1.